The van der Waals surface area contributed by atoms with Crippen molar-refractivity contribution >= 4 is 24.0 Å². The third kappa shape index (κ3) is 3.64. The lowest BCUT2D eigenvalue weighted by molar-refractivity contribution is 1.30. The van der Waals surface area contributed by atoms with Crippen LogP contribution >= 0.6 is 24.0 Å². The minimum atomic E-state index is 0. The van der Waals surface area contributed by atoms with Crippen molar-refractivity contribution in [2.24, 2.45) is 5.73 Å². The molecule has 0 unspecified atom stereocenters. The molecule has 1 aromatic carbocycles. The molecule has 2 N–H and O–H groups in total. The molecular weight excluding hydrogens is 193 g/mol. The van der Waals surface area contributed by atoms with Crippen molar-refractivity contribution in [2.45, 2.75) is 0 Å². The molecule has 1 aromatic rings. The number of rotatable bonds is 0. The first-order valence-electron chi connectivity index (χ1n) is 3.27. The molecule has 0 aliphatic heterocycles. The van der Waals surface area contributed by atoms with Gasteiger partial charge in [0.25, 0.3) is 0 Å². The minimum absolute atomic E-state index is 0. The molecular formula is C9H9Cl2N. The Kier molecular flexibility index (Phi) is 5.57. The maximum absolute atomic E-state index is 5.67. The van der Waals surface area contributed by atoms with Crippen molar-refractivity contribution in [1.29, 1.82) is 0 Å². The Bertz CT molecular complexity index is 282. The van der Waals surface area contributed by atoms with E-state index in [0.717, 1.165) is 10.6 Å². The summed E-state index contributed by atoms with van der Waals surface area (Å²) < 4.78 is 0. The van der Waals surface area contributed by atoms with Gasteiger partial charge in [-0.1, -0.05) is 23.4 Å². The smallest absolute Gasteiger partial charge is 0.0555 e. The third-order valence-corrected chi connectivity index (χ3v) is 1.43. The van der Waals surface area contributed by atoms with Crippen LogP contribution in [0.5, 0.6) is 0 Å². The van der Waals surface area contributed by atoms with Crippen LogP contribution in [0.1, 0.15) is 5.56 Å². The maximum Gasteiger partial charge on any atom is 0.0555 e. The number of hydrogen-bond acceptors (Lipinski definition) is 1. The molecule has 0 fully saturated rings. The van der Waals surface area contributed by atoms with Crippen LogP contribution in [0.4, 0.5) is 0 Å². The molecule has 0 spiro atoms. The highest BCUT2D eigenvalue weighted by atomic mass is 35.5. The van der Waals surface area contributed by atoms with E-state index in [0.29, 0.717) is 6.54 Å². The van der Waals surface area contributed by atoms with Gasteiger partial charge in [-0.25, -0.2) is 0 Å². The Hall–Kier alpha value is -0.680. The van der Waals surface area contributed by atoms with Gasteiger partial charge in [-0.2, -0.15) is 0 Å². The van der Waals surface area contributed by atoms with Crippen molar-refractivity contribution in [3.8, 4) is 11.8 Å². The van der Waals surface area contributed by atoms with E-state index < -0.39 is 0 Å². The predicted octanol–water partition coefficient (Wildman–Crippen LogP) is 2.07. The van der Waals surface area contributed by atoms with Crippen molar-refractivity contribution in [2.75, 3.05) is 6.54 Å². The first-order valence-corrected chi connectivity index (χ1v) is 3.65. The van der Waals surface area contributed by atoms with Crippen LogP contribution in [0.25, 0.3) is 0 Å². The maximum atomic E-state index is 5.67. The van der Waals surface area contributed by atoms with Gasteiger partial charge >= 0.3 is 0 Å². The number of benzene rings is 1. The van der Waals surface area contributed by atoms with Gasteiger partial charge in [-0.15, -0.1) is 12.4 Å². The quantitative estimate of drug-likeness (QED) is 0.640. The van der Waals surface area contributed by atoms with Crippen LogP contribution in [-0.4, -0.2) is 6.54 Å². The summed E-state index contributed by atoms with van der Waals surface area (Å²) in [6, 6.07) is 7.35. The summed E-state index contributed by atoms with van der Waals surface area (Å²) in [6.07, 6.45) is 0. The fraction of sp³-hybridized carbons (Fsp3) is 0.111. The first kappa shape index (κ1) is 11.3. The highest BCUT2D eigenvalue weighted by Crippen LogP contribution is 2.07. The normalized spacial score (nSPS) is 7.83. The fourth-order valence-electron chi connectivity index (χ4n) is 0.686. The lowest BCUT2D eigenvalue weighted by atomic mass is 10.2. The zero-order valence-corrected chi connectivity index (χ0v) is 7.95. The lowest BCUT2D eigenvalue weighted by Gasteiger charge is -1.88. The molecule has 0 saturated carbocycles. The molecule has 0 aliphatic rings. The zero-order chi connectivity index (χ0) is 8.10. The van der Waals surface area contributed by atoms with Crippen LogP contribution in [0.3, 0.4) is 0 Å². The topological polar surface area (TPSA) is 26.0 Å². The van der Waals surface area contributed by atoms with Crippen LogP contribution in [0.2, 0.25) is 5.02 Å². The summed E-state index contributed by atoms with van der Waals surface area (Å²) in [7, 11) is 0. The van der Waals surface area contributed by atoms with Gasteiger partial charge in [-0.3, -0.25) is 0 Å². The Morgan fingerprint density at radius 2 is 1.83 bits per heavy atom. The average molecular weight is 202 g/mol. The minimum Gasteiger partial charge on any atom is -0.320 e. The number of halogens is 2. The van der Waals surface area contributed by atoms with E-state index >= 15 is 0 Å². The molecule has 0 saturated heterocycles. The summed E-state index contributed by atoms with van der Waals surface area (Å²) in [5.74, 6) is 5.66. The molecule has 12 heavy (non-hydrogen) atoms. The van der Waals surface area contributed by atoms with Crippen molar-refractivity contribution in [1.82, 2.24) is 0 Å². The monoisotopic (exact) mass is 201 g/mol. The van der Waals surface area contributed by atoms with Crippen molar-refractivity contribution in [3.05, 3.63) is 34.9 Å². The Morgan fingerprint density at radius 3 is 2.33 bits per heavy atom. The van der Waals surface area contributed by atoms with Crippen LogP contribution in [0.15, 0.2) is 24.3 Å². The van der Waals surface area contributed by atoms with Gasteiger partial charge in [0.05, 0.1) is 6.54 Å². The van der Waals surface area contributed by atoms with Gasteiger partial charge in [0.15, 0.2) is 0 Å². The molecule has 0 atom stereocenters. The zero-order valence-electron chi connectivity index (χ0n) is 6.38. The summed E-state index contributed by atoms with van der Waals surface area (Å²) >= 11 is 5.67. The second-order valence-electron chi connectivity index (χ2n) is 2.01. The fourth-order valence-corrected chi connectivity index (χ4v) is 0.812. The molecule has 0 bridgehead atoms. The highest BCUT2D eigenvalue weighted by Gasteiger charge is 1.85. The van der Waals surface area contributed by atoms with E-state index in [-0.39, 0.29) is 12.4 Å². The molecule has 1 nitrogen and oxygen atoms in total. The van der Waals surface area contributed by atoms with E-state index in [9.17, 15) is 0 Å². The van der Waals surface area contributed by atoms with E-state index in [1.54, 1.807) is 0 Å². The van der Waals surface area contributed by atoms with Crippen molar-refractivity contribution in [3.63, 3.8) is 0 Å². The van der Waals surface area contributed by atoms with E-state index in [1.807, 2.05) is 24.3 Å². The summed E-state index contributed by atoms with van der Waals surface area (Å²) in [6.45, 7) is 0.391. The molecule has 0 heterocycles. The Labute approximate surface area is 83.3 Å². The van der Waals surface area contributed by atoms with Crippen LogP contribution < -0.4 is 5.73 Å². The Balaban J connectivity index is 0.00000121. The summed E-state index contributed by atoms with van der Waals surface area (Å²) in [5, 5.41) is 0.725. The summed E-state index contributed by atoms with van der Waals surface area (Å²) in [4.78, 5) is 0. The van der Waals surface area contributed by atoms with Crippen LogP contribution in [-0.2, 0) is 0 Å². The third-order valence-electron chi connectivity index (χ3n) is 1.18. The Morgan fingerprint density at radius 1 is 1.25 bits per heavy atom. The van der Waals surface area contributed by atoms with E-state index in [1.165, 1.54) is 0 Å². The second kappa shape index (κ2) is 5.91. The standard InChI is InChI=1S/C9H8ClN.ClH/c10-9-5-3-8(4-6-9)2-1-7-11;/h3-6H,7,11H2;1H. The second-order valence-corrected chi connectivity index (χ2v) is 2.45. The largest absolute Gasteiger partial charge is 0.320 e. The number of nitrogens with two attached hydrogens (primary N) is 1. The molecule has 0 amide bonds. The van der Waals surface area contributed by atoms with Crippen LogP contribution in [0, 0.1) is 11.8 Å². The molecule has 0 radical (unpaired) electrons. The van der Waals surface area contributed by atoms with Gasteiger partial charge in [-0.05, 0) is 24.3 Å². The molecule has 0 aromatic heterocycles. The number of hydrogen-bond donors (Lipinski definition) is 1. The molecule has 1 rings (SSSR count). The van der Waals surface area contributed by atoms with Crippen molar-refractivity contribution < 1.29 is 0 Å². The lowest BCUT2D eigenvalue weighted by Crippen LogP contribution is -1.92. The first-order chi connectivity index (χ1) is 5.33. The SMILES string of the molecule is Cl.NCC#Cc1ccc(Cl)cc1. The van der Waals surface area contributed by atoms with Gasteiger partial charge in [0, 0.05) is 10.6 Å². The van der Waals surface area contributed by atoms with Gasteiger partial charge in [0.2, 0.25) is 0 Å². The van der Waals surface area contributed by atoms with Gasteiger partial charge in [0.1, 0.15) is 0 Å². The van der Waals surface area contributed by atoms with E-state index in [4.69, 9.17) is 17.3 Å². The van der Waals surface area contributed by atoms with E-state index in [2.05, 4.69) is 11.8 Å². The van der Waals surface area contributed by atoms with Gasteiger partial charge < -0.3 is 5.73 Å². The molecule has 3 heteroatoms. The molecule has 0 aliphatic carbocycles. The molecule has 64 valence electrons. The highest BCUT2D eigenvalue weighted by molar-refractivity contribution is 6.30. The average Bonchev–Trinajstić information content (AvgIpc) is 2.04. The summed E-state index contributed by atoms with van der Waals surface area (Å²) in [5.41, 5.74) is 6.15. The predicted molar refractivity (Wildman–Crippen MR) is 54.6 cm³/mol.